The van der Waals surface area contributed by atoms with Gasteiger partial charge in [-0.05, 0) is 54.3 Å². The number of benzene rings is 3. The number of anilines is 3. The number of nitrogens with zero attached hydrogens (tertiary/aromatic N) is 1. The second-order valence-electron chi connectivity index (χ2n) is 8.54. The molecule has 0 heterocycles. The van der Waals surface area contributed by atoms with Gasteiger partial charge in [0.15, 0.2) is 0 Å². The average Bonchev–Trinajstić information content (AvgIpc) is 2.85. The molecular weight excluding hydrogens is 450 g/mol. The highest BCUT2D eigenvalue weighted by Crippen LogP contribution is 2.36. The molecule has 176 valence electrons. The van der Waals surface area contributed by atoms with Crippen LogP contribution in [0.3, 0.4) is 0 Å². The minimum absolute atomic E-state index is 0.211. The number of hydrogen-bond donors (Lipinski definition) is 3. The molecule has 0 atom stereocenters. The lowest BCUT2D eigenvalue weighted by Gasteiger charge is -2.34. The van der Waals surface area contributed by atoms with Gasteiger partial charge in [0.25, 0.3) is 0 Å². The van der Waals surface area contributed by atoms with Gasteiger partial charge in [-0.15, -0.1) is 0 Å². The van der Waals surface area contributed by atoms with Gasteiger partial charge in [0, 0.05) is 13.1 Å². The Kier molecular flexibility index (Phi) is 7.38. The predicted octanol–water partition coefficient (Wildman–Crippen LogP) is 7.12. The molecule has 0 aliphatic heterocycles. The summed E-state index contributed by atoms with van der Waals surface area (Å²) < 4.78 is 0. The fraction of sp³-hybridized carbons (Fsp3) is 0.259. The zero-order valence-corrected chi connectivity index (χ0v) is 19.8. The monoisotopic (exact) mass is 477 g/mol. The zero-order valence-electron chi connectivity index (χ0n) is 19.1. The first kappa shape index (κ1) is 23.6. The Morgan fingerprint density at radius 2 is 1.59 bits per heavy atom. The number of urea groups is 1. The molecule has 1 fully saturated rings. The largest absolute Gasteiger partial charge is 0.478 e. The van der Waals surface area contributed by atoms with E-state index in [1.54, 1.807) is 48.5 Å². The smallest absolute Gasteiger partial charge is 0.336 e. The van der Waals surface area contributed by atoms with Crippen LogP contribution in [-0.4, -0.2) is 30.2 Å². The summed E-state index contributed by atoms with van der Waals surface area (Å²) in [5.74, 6) is -0.995. The Bertz CT molecular complexity index is 1190. The van der Waals surface area contributed by atoms with Crippen LogP contribution in [-0.2, 0) is 0 Å². The van der Waals surface area contributed by atoms with E-state index in [1.807, 2.05) is 25.2 Å². The Balaban J connectivity index is 1.69. The molecule has 1 aliphatic carbocycles. The van der Waals surface area contributed by atoms with E-state index in [0.29, 0.717) is 33.6 Å². The number of carboxylic acids is 1. The van der Waals surface area contributed by atoms with Gasteiger partial charge in [-0.2, -0.15) is 0 Å². The summed E-state index contributed by atoms with van der Waals surface area (Å²) >= 11 is 6.20. The second-order valence-corrected chi connectivity index (χ2v) is 8.95. The minimum atomic E-state index is -0.995. The van der Waals surface area contributed by atoms with Crippen LogP contribution in [0.25, 0.3) is 11.1 Å². The maximum absolute atomic E-state index is 12.9. The van der Waals surface area contributed by atoms with Crippen LogP contribution >= 0.6 is 11.6 Å². The van der Waals surface area contributed by atoms with Crippen molar-refractivity contribution in [1.29, 1.82) is 0 Å². The van der Waals surface area contributed by atoms with Crippen molar-refractivity contribution in [1.82, 2.24) is 0 Å². The third-order valence-corrected chi connectivity index (χ3v) is 6.67. The Hall–Kier alpha value is -3.51. The van der Waals surface area contributed by atoms with Crippen molar-refractivity contribution in [2.45, 2.75) is 38.1 Å². The Labute approximate surface area is 204 Å². The molecule has 1 saturated carbocycles. The van der Waals surface area contributed by atoms with E-state index in [4.69, 9.17) is 11.6 Å². The molecular formula is C27H28ClN3O3. The van der Waals surface area contributed by atoms with Gasteiger partial charge in [0.1, 0.15) is 0 Å². The van der Waals surface area contributed by atoms with Gasteiger partial charge in [-0.25, -0.2) is 9.59 Å². The molecule has 0 aromatic heterocycles. The predicted molar refractivity (Wildman–Crippen MR) is 138 cm³/mol. The zero-order chi connectivity index (χ0) is 24.1. The summed E-state index contributed by atoms with van der Waals surface area (Å²) in [6, 6.07) is 19.6. The number of rotatable bonds is 6. The molecule has 1 aliphatic rings. The second kappa shape index (κ2) is 10.6. The number of para-hydroxylation sites is 1. The van der Waals surface area contributed by atoms with Gasteiger partial charge >= 0.3 is 12.0 Å². The average molecular weight is 478 g/mol. The highest BCUT2D eigenvalue weighted by Gasteiger charge is 2.22. The Morgan fingerprint density at radius 1 is 0.912 bits per heavy atom. The van der Waals surface area contributed by atoms with E-state index in [1.165, 1.54) is 19.3 Å². The standard InChI is InChI=1S/C27H28ClN3O3/c1-31(19-9-3-2-4-10-19)25-16-15-18(20-11-5-6-12-21(20)26(32)33)17-24(25)30-27(34)29-23-14-8-7-13-22(23)28/h5-8,11-17,19H,2-4,9-10H2,1H3,(H,32,33)(H2,29,30,34). The van der Waals surface area contributed by atoms with Gasteiger partial charge in [-0.1, -0.05) is 67.3 Å². The summed E-state index contributed by atoms with van der Waals surface area (Å²) in [5.41, 5.74) is 3.52. The number of aromatic carboxylic acids is 1. The number of halogens is 1. The van der Waals surface area contributed by atoms with Crippen LogP contribution in [0.5, 0.6) is 0 Å². The van der Waals surface area contributed by atoms with Crippen molar-refractivity contribution in [3.8, 4) is 11.1 Å². The molecule has 0 bridgehead atoms. The lowest BCUT2D eigenvalue weighted by atomic mass is 9.93. The van der Waals surface area contributed by atoms with Crippen molar-refractivity contribution < 1.29 is 14.7 Å². The lowest BCUT2D eigenvalue weighted by molar-refractivity contribution is 0.0697. The fourth-order valence-electron chi connectivity index (χ4n) is 4.54. The topological polar surface area (TPSA) is 81.7 Å². The highest BCUT2D eigenvalue weighted by molar-refractivity contribution is 6.33. The minimum Gasteiger partial charge on any atom is -0.478 e. The van der Waals surface area contributed by atoms with E-state index in [9.17, 15) is 14.7 Å². The first-order valence-electron chi connectivity index (χ1n) is 11.5. The number of carbonyl (C=O) groups excluding carboxylic acids is 1. The van der Waals surface area contributed by atoms with Crippen LogP contribution in [0.4, 0.5) is 21.9 Å². The van der Waals surface area contributed by atoms with Crippen LogP contribution in [0.15, 0.2) is 66.7 Å². The van der Waals surface area contributed by atoms with Crippen LogP contribution < -0.4 is 15.5 Å². The summed E-state index contributed by atoms with van der Waals surface area (Å²) in [7, 11) is 2.05. The number of nitrogens with one attached hydrogen (secondary N) is 2. The molecule has 7 heteroatoms. The quantitative estimate of drug-likeness (QED) is 0.353. The van der Waals surface area contributed by atoms with Crippen LogP contribution in [0, 0.1) is 0 Å². The summed E-state index contributed by atoms with van der Waals surface area (Å²) in [6.45, 7) is 0. The normalized spacial score (nSPS) is 13.8. The maximum atomic E-state index is 12.9. The first-order valence-corrected chi connectivity index (χ1v) is 11.8. The van der Waals surface area contributed by atoms with E-state index in [0.717, 1.165) is 18.5 Å². The van der Waals surface area contributed by atoms with Gasteiger partial charge < -0.3 is 20.6 Å². The summed E-state index contributed by atoms with van der Waals surface area (Å²) in [6.07, 6.45) is 5.83. The van der Waals surface area contributed by atoms with E-state index >= 15 is 0 Å². The lowest BCUT2D eigenvalue weighted by Crippen LogP contribution is -2.34. The first-order chi connectivity index (χ1) is 16.4. The summed E-state index contributed by atoms with van der Waals surface area (Å²) in [4.78, 5) is 26.9. The van der Waals surface area contributed by atoms with Crippen molar-refractivity contribution in [3.63, 3.8) is 0 Å². The molecule has 34 heavy (non-hydrogen) atoms. The molecule has 6 nitrogen and oxygen atoms in total. The van der Waals surface area contributed by atoms with Crippen molar-refractivity contribution in [2.75, 3.05) is 22.6 Å². The number of amides is 2. The van der Waals surface area contributed by atoms with Gasteiger partial charge in [-0.3, -0.25) is 0 Å². The number of carbonyl (C=O) groups is 2. The molecule has 0 spiro atoms. The molecule has 3 aromatic carbocycles. The van der Waals surface area contributed by atoms with Crippen LogP contribution in [0.1, 0.15) is 42.5 Å². The number of carboxylic acid groups (broad SMARTS) is 1. The summed E-state index contributed by atoms with van der Waals surface area (Å²) in [5, 5.41) is 15.9. The Morgan fingerprint density at radius 3 is 2.32 bits per heavy atom. The third-order valence-electron chi connectivity index (χ3n) is 6.34. The van der Waals surface area contributed by atoms with E-state index in [2.05, 4.69) is 15.5 Å². The molecule has 0 saturated heterocycles. The van der Waals surface area contributed by atoms with E-state index in [-0.39, 0.29) is 5.56 Å². The third kappa shape index (κ3) is 5.34. The van der Waals surface area contributed by atoms with Gasteiger partial charge in [0.2, 0.25) is 0 Å². The number of hydrogen-bond acceptors (Lipinski definition) is 3. The van der Waals surface area contributed by atoms with Crippen molar-refractivity contribution in [2.24, 2.45) is 0 Å². The molecule has 2 amide bonds. The van der Waals surface area contributed by atoms with Crippen molar-refractivity contribution in [3.05, 3.63) is 77.3 Å². The SMILES string of the molecule is CN(c1ccc(-c2ccccc2C(=O)O)cc1NC(=O)Nc1ccccc1Cl)C1CCCCC1. The van der Waals surface area contributed by atoms with E-state index < -0.39 is 12.0 Å². The highest BCUT2D eigenvalue weighted by atomic mass is 35.5. The molecule has 0 unspecified atom stereocenters. The van der Waals surface area contributed by atoms with Gasteiger partial charge in [0.05, 0.1) is 27.6 Å². The van der Waals surface area contributed by atoms with Crippen LogP contribution in [0.2, 0.25) is 5.02 Å². The molecule has 3 N–H and O–H groups in total. The van der Waals surface area contributed by atoms with Crippen molar-refractivity contribution >= 4 is 40.7 Å². The molecule has 0 radical (unpaired) electrons. The molecule has 4 rings (SSSR count). The fourth-order valence-corrected chi connectivity index (χ4v) is 4.72. The maximum Gasteiger partial charge on any atom is 0.336 e. The molecule has 3 aromatic rings.